The molecule has 4 rings (SSSR count). The Morgan fingerprint density at radius 2 is 1.58 bits per heavy atom. The zero-order valence-electron chi connectivity index (χ0n) is 47.6. The molecule has 18 nitrogen and oxygen atoms in total. The number of rotatable bonds is 16. The van der Waals surface area contributed by atoms with Gasteiger partial charge in [-0.3, -0.25) is 19.2 Å². The van der Waals surface area contributed by atoms with Gasteiger partial charge in [0.2, 0.25) is 5.79 Å². The van der Waals surface area contributed by atoms with E-state index < -0.39 is 93.5 Å². The molecule has 0 aromatic rings. The van der Waals surface area contributed by atoms with E-state index in [9.17, 15) is 47.7 Å². The number of carbonyl (C=O) groups is 5. The molecule has 3 heterocycles. The Labute approximate surface area is 458 Å². The summed E-state index contributed by atoms with van der Waals surface area (Å²) in [5.74, 6) is -8.49. The van der Waals surface area contributed by atoms with E-state index in [2.05, 4.69) is 0 Å². The number of fused-ring (bicyclic) bond motifs is 3. The highest BCUT2D eigenvalue weighted by Gasteiger charge is 2.53. The van der Waals surface area contributed by atoms with Crippen molar-refractivity contribution in [3.8, 4) is 0 Å². The summed E-state index contributed by atoms with van der Waals surface area (Å²) in [4.78, 5) is 72.9. The lowest BCUT2D eigenvalue weighted by atomic mass is 9.78. The van der Waals surface area contributed by atoms with Crippen LogP contribution in [0.1, 0.15) is 132 Å². The fourth-order valence-electron chi connectivity index (χ4n) is 11.2. The van der Waals surface area contributed by atoms with E-state index >= 15 is 0 Å². The van der Waals surface area contributed by atoms with Crippen LogP contribution in [-0.4, -0.2) is 178 Å². The summed E-state index contributed by atoms with van der Waals surface area (Å²) < 4.78 is 65.3. The number of amides is 1. The lowest BCUT2D eigenvalue weighted by Gasteiger charge is -2.43. The van der Waals surface area contributed by atoms with Crippen molar-refractivity contribution in [2.45, 2.75) is 186 Å². The molecule has 0 aromatic carbocycles. The van der Waals surface area contributed by atoms with Crippen LogP contribution in [-0.2, 0) is 67.0 Å². The Morgan fingerprint density at radius 3 is 2.27 bits per heavy atom. The molecule has 4 aliphatic rings. The summed E-state index contributed by atoms with van der Waals surface area (Å²) in [6, 6.07) is -1.20. The number of hydrogen-bond donors (Lipinski definition) is 3. The third kappa shape index (κ3) is 20.2. The maximum atomic E-state index is 14.6. The Hall–Kier alpha value is -3.50. The smallest absolute Gasteiger partial charge is 0.329 e. The lowest BCUT2D eigenvalue weighted by molar-refractivity contribution is -0.266. The maximum Gasteiger partial charge on any atom is 0.329 e. The molecule has 77 heavy (non-hydrogen) atoms. The van der Waals surface area contributed by atoms with Crippen molar-refractivity contribution < 1.29 is 80.9 Å². The van der Waals surface area contributed by atoms with E-state index in [0.29, 0.717) is 63.4 Å². The quantitative estimate of drug-likeness (QED) is 0.0692. The highest BCUT2D eigenvalue weighted by atomic mass is 32.2. The molecular weight excluding hydrogens is 1010 g/mol. The number of Topliss-reactive ketones (excluding diaryl/α,β-unsaturated/α-hetero) is 3. The highest BCUT2D eigenvalue weighted by molar-refractivity contribution is 7.90. The number of methoxy groups -OCH3 is 2. The third-order valence-corrected chi connectivity index (χ3v) is 17.0. The average molecular weight is 1110 g/mol. The van der Waals surface area contributed by atoms with Crippen LogP contribution >= 0.6 is 0 Å². The molecule has 1 aliphatic carbocycles. The van der Waals surface area contributed by atoms with Crippen LogP contribution in [0.15, 0.2) is 47.6 Å². The molecule has 438 valence electrons. The number of ether oxygens (including phenoxy) is 7. The molecule has 1 amide bonds. The number of aliphatic hydroxyl groups is 3. The van der Waals surface area contributed by atoms with Crippen LogP contribution in [0.4, 0.5) is 0 Å². The molecule has 2 bridgehead atoms. The van der Waals surface area contributed by atoms with E-state index in [4.69, 9.17) is 33.2 Å². The number of esters is 1. The van der Waals surface area contributed by atoms with E-state index in [0.717, 1.165) is 12.0 Å². The van der Waals surface area contributed by atoms with Crippen molar-refractivity contribution in [1.29, 1.82) is 0 Å². The first kappa shape index (κ1) is 66.0. The standard InChI is InChI=1S/C58H93NO17S/c1-37-17-12-11-13-18-38(2)49(74-29-28-72-27-25-60)35-45-22-20-43(7)58(67,76-45)55(64)56(65)59-24-15-14-19-46(59)57(66)75-50(36-47(61)39(3)32-42(6)53(63)54(71-9)52(62)41(5)31-37)40(4)33-44-21-23-48(51(34-44)70-8)73-26-16-30-77(10,68)69/h11-13,17-18,32,37,39-41,43-46,48-51,53-54,60,63,67H,14-16,19-31,33-36H2,1-10H3/b13-11+,17-12+,38-18+,42-32+/t37-,39-,40-,41-,43-,44+,45+,46+,48-,49?,50+,51-,53-,54+,58-/m1/s1. The SMILES string of the molecule is CO[C@@H]1C[C@H](C[C@@H](C)[C@@H]2CC(=O)[C@H](C)/C=C(\C)[C@@H](O)[C@@H](OC)C(=O)[C@H](C)C[C@H](C)/C=C/C=C/C=C(\C)C(OCCOCCO)C[C@@H]3CC[C@@H](C)[C@@](O)(O3)C(=O)C(=O)N3CCCC[C@H]3C(=O)O2)CC[C@H]1OCCCS(C)(=O)=O. The third-order valence-electron chi connectivity index (χ3n) is 15.9. The van der Waals surface area contributed by atoms with Gasteiger partial charge in [0.25, 0.3) is 11.7 Å². The van der Waals surface area contributed by atoms with Gasteiger partial charge in [-0.15, -0.1) is 0 Å². The molecule has 0 radical (unpaired) electrons. The fourth-order valence-corrected chi connectivity index (χ4v) is 11.8. The van der Waals surface area contributed by atoms with Gasteiger partial charge in [-0.05, 0) is 113 Å². The van der Waals surface area contributed by atoms with Crippen LogP contribution in [0.2, 0.25) is 0 Å². The molecule has 0 aromatic heterocycles. The van der Waals surface area contributed by atoms with Crippen molar-refractivity contribution >= 4 is 39.1 Å². The largest absolute Gasteiger partial charge is 0.460 e. The van der Waals surface area contributed by atoms with Crippen LogP contribution < -0.4 is 0 Å². The van der Waals surface area contributed by atoms with E-state index in [1.54, 1.807) is 40.9 Å². The minimum atomic E-state index is -3.13. The fraction of sp³-hybridized carbons (Fsp3) is 0.776. The van der Waals surface area contributed by atoms with Crippen LogP contribution in [0.3, 0.4) is 0 Å². The number of nitrogens with zero attached hydrogens (tertiary/aromatic N) is 1. The number of cyclic esters (lactones) is 1. The maximum absolute atomic E-state index is 14.6. The summed E-state index contributed by atoms with van der Waals surface area (Å²) >= 11 is 0. The monoisotopic (exact) mass is 1110 g/mol. The zero-order chi connectivity index (χ0) is 57.0. The highest BCUT2D eigenvalue weighted by Crippen LogP contribution is 2.38. The van der Waals surface area contributed by atoms with Crippen molar-refractivity contribution in [3.63, 3.8) is 0 Å². The second kappa shape index (κ2) is 32.1. The van der Waals surface area contributed by atoms with Gasteiger partial charge >= 0.3 is 5.97 Å². The number of ketones is 3. The summed E-state index contributed by atoms with van der Waals surface area (Å²) in [5, 5.41) is 32.9. The molecule has 0 spiro atoms. The normalized spacial score (nSPS) is 36.2. The van der Waals surface area contributed by atoms with Gasteiger partial charge in [0.15, 0.2) is 5.78 Å². The second-order valence-corrected chi connectivity index (χ2v) is 24.6. The predicted octanol–water partition coefficient (Wildman–Crippen LogP) is 6.02. The topological polar surface area (TPSA) is 248 Å². The summed E-state index contributed by atoms with van der Waals surface area (Å²) in [6.07, 6.45) is 12.3. The predicted molar refractivity (Wildman–Crippen MR) is 290 cm³/mol. The van der Waals surface area contributed by atoms with E-state index in [-0.39, 0.29) is 100 Å². The van der Waals surface area contributed by atoms with Crippen molar-refractivity contribution in [3.05, 3.63) is 47.6 Å². The first-order valence-corrected chi connectivity index (χ1v) is 30.1. The molecular formula is C58H93NO17S. The molecule has 2 saturated heterocycles. The van der Waals surface area contributed by atoms with E-state index in [1.165, 1.54) is 18.3 Å². The minimum Gasteiger partial charge on any atom is -0.460 e. The number of sulfone groups is 1. The molecule has 15 atom stereocenters. The van der Waals surface area contributed by atoms with Gasteiger partial charge in [-0.25, -0.2) is 13.2 Å². The molecule has 1 saturated carbocycles. The first-order chi connectivity index (χ1) is 36.4. The molecule has 3 fully saturated rings. The molecule has 3 aliphatic heterocycles. The van der Waals surface area contributed by atoms with Crippen molar-refractivity contribution in [2.24, 2.45) is 35.5 Å². The van der Waals surface area contributed by atoms with Crippen molar-refractivity contribution in [1.82, 2.24) is 4.90 Å². The van der Waals surface area contributed by atoms with Gasteiger partial charge in [0.05, 0.1) is 56.6 Å². The van der Waals surface area contributed by atoms with Gasteiger partial charge in [-0.2, -0.15) is 0 Å². The summed E-state index contributed by atoms with van der Waals surface area (Å²) in [6.45, 7) is 13.2. The molecule has 19 heteroatoms. The minimum absolute atomic E-state index is 0.0207. The number of aliphatic hydroxyl groups excluding tert-OH is 2. The van der Waals surface area contributed by atoms with Gasteiger partial charge in [-0.1, -0.05) is 71.1 Å². The molecule has 1 unspecified atom stereocenters. The van der Waals surface area contributed by atoms with Crippen molar-refractivity contribution in [2.75, 3.05) is 65.8 Å². The zero-order valence-corrected chi connectivity index (χ0v) is 48.4. The van der Waals surface area contributed by atoms with Crippen LogP contribution in [0, 0.1) is 35.5 Å². The number of hydrogen-bond acceptors (Lipinski definition) is 17. The lowest BCUT2D eigenvalue weighted by Crippen LogP contribution is -2.61. The van der Waals surface area contributed by atoms with Crippen LogP contribution in [0.5, 0.6) is 0 Å². The Balaban J connectivity index is 1.69. The first-order valence-electron chi connectivity index (χ1n) is 28.0. The average Bonchev–Trinajstić information content (AvgIpc) is 3.39. The number of allylic oxidation sites excluding steroid dienone is 6. The summed E-state index contributed by atoms with van der Waals surface area (Å²) in [5.41, 5.74) is 1.17. The Kier molecular flexibility index (Phi) is 27.5. The van der Waals surface area contributed by atoms with Gasteiger partial charge in [0, 0.05) is 64.2 Å². The second-order valence-electron chi connectivity index (χ2n) is 22.4. The van der Waals surface area contributed by atoms with Crippen LogP contribution in [0.25, 0.3) is 0 Å². The van der Waals surface area contributed by atoms with E-state index in [1.807, 2.05) is 51.2 Å². The number of carbonyl (C=O) groups excluding carboxylic acids is 5. The Morgan fingerprint density at radius 1 is 0.844 bits per heavy atom. The Bertz CT molecular complexity index is 2160. The van der Waals surface area contributed by atoms with Gasteiger partial charge in [0.1, 0.15) is 40.0 Å². The van der Waals surface area contributed by atoms with Gasteiger partial charge < -0.3 is 53.4 Å². The number of piperidine rings is 1. The molecule has 3 N–H and O–H groups in total. The summed E-state index contributed by atoms with van der Waals surface area (Å²) in [7, 11) is -0.160.